The molecule has 0 aliphatic carbocycles. The van der Waals surface area contributed by atoms with Crippen LogP contribution < -0.4 is 0 Å². The van der Waals surface area contributed by atoms with Crippen LogP contribution in [0.15, 0.2) is 41.6 Å². The van der Waals surface area contributed by atoms with Crippen molar-refractivity contribution in [3.8, 4) is 0 Å². The van der Waals surface area contributed by atoms with E-state index >= 15 is 0 Å². The highest BCUT2D eigenvalue weighted by Crippen LogP contribution is 2.20. The van der Waals surface area contributed by atoms with Gasteiger partial charge in [0.15, 0.2) is 11.8 Å². The first kappa shape index (κ1) is 16.1. The lowest BCUT2D eigenvalue weighted by Gasteiger charge is -2.06. The number of allylic oxidation sites excluding steroid dienone is 1. The van der Waals surface area contributed by atoms with Crippen LogP contribution in [0.3, 0.4) is 0 Å². The number of azo groups is 1. The molecule has 1 aromatic rings. The highest BCUT2D eigenvalue weighted by atomic mass is 16.5. The van der Waals surface area contributed by atoms with Crippen molar-refractivity contribution < 1.29 is 9.66 Å². The number of hydrogen-bond acceptors (Lipinski definition) is 3. The number of hydroxylamine groups is 1. The fraction of sp³-hybridized carbons (Fsp3) is 0.438. The number of nitrogens with zero attached hydrogens (tertiary/aromatic N) is 2. The van der Waals surface area contributed by atoms with E-state index in [0.717, 1.165) is 30.4 Å². The van der Waals surface area contributed by atoms with Crippen LogP contribution in [0.25, 0.3) is 5.57 Å². The molecule has 0 aromatic heterocycles. The van der Waals surface area contributed by atoms with Crippen molar-refractivity contribution in [2.45, 2.75) is 46.1 Å². The van der Waals surface area contributed by atoms with Gasteiger partial charge in [-0.15, -0.1) is 0 Å². The second kappa shape index (κ2) is 8.25. The lowest BCUT2D eigenvalue weighted by Crippen LogP contribution is -2.12. The third-order valence-electron chi connectivity index (χ3n) is 3.09. The molecular formula is C16H22N2O2. The minimum absolute atomic E-state index is 0.117. The Balaban J connectivity index is 2.98. The number of carbonyl (C=O) groups excluding carboxylic acids is 1. The summed E-state index contributed by atoms with van der Waals surface area (Å²) in [6, 6.07) is 9.18. The molecule has 0 saturated heterocycles. The van der Waals surface area contributed by atoms with E-state index < -0.39 is 6.04 Å². The summed E-state index contributed by atoms with van der Waals surface area (Å²) >= 11 is 0. The summed E-state index contributed by atoms with van der Waals surface area (Å²) in [6.07, 6.45) is 4.37. The van der Waals surface area contributed by atoms with Crippen LogP contribution in [0.5, 0.6) is 0 Å². The molecule has 1 rings (SSSR count). The summed E-state index contributed by atoms with van der Waals surface area (Å²) in [4.78, 5) is 11.6. The van der Waals surface area contributed by atoms with Gasteiger partial charge < -0.3 is 5.21 Å². The van der Waals surface area contributed by atoms with Gasteiger partial charge in [0.05, 0.1) is 0 Å². The SMILES string of the molecule is CCCC/C(=C/[N+]([O-])=NC(C)C(C)=O)c1ccccc1. The molecule has 1 atom stereocenters. The molecule has 0 radical (unpaired) electrons. The Morgan fingerprint density at radius 1 is 1.40 bits per heavy atom. The van der Waals surface area contributed by atoms with Gasteiger partial charge in [0, 0.05) is 5.57 Å². The van der Waals surface area contributed by atoms with Gasteiger partial charge in [-0.3, -0.25) is 4.79 Å². The Morgan fingerprint density at radius 3 is 2.60 bits per heavy atom. The topological polar surface area (TPSA) is 55.5 Å². The average Bonchev–Trinajstić information content (AvgIpc) is 2.44. The first-order valence-corrected chi connectivity index (χ1v) is 6.98. The van der Waals surface area contributed by atoms with E-state index in [4.69, 9.17) is 0 Å². The van der Waals surface area contributed by atoms with Gasteiger partial charge in [0.2, 0.25) is 6.20 Å². The van der Waals surface area contributed by atoms with E-state index in [0.29, 0.717) is 4.86 Å². The maximum Gasteiger partial charge on any atom is 0.213 e. The summed E-state index contributed by atoms with van der Waals surface area (Å²) in [5.41, 5.74) is 1.97. The zero-order valence-corrected chi connectivity index (χ0v) is 12.4. The van der Waals surface area contributed by atoms with Crippen LogP contribution in [0.4, 0.5) is 0 Å². The first-order chi connectivity index (χ1) is 9.54. The molecule has 0 amide bonds. The van der Waals surface area contributed by atoms with Crippen molar-refractivity contribution in [1.82, 2.24) is 0 Å². The molecule has 1 aromatic carbocycles. The fourth-order valence-electron chi connectivity index (χ4n) is 1.72. The van der Waals surface area contributed by atoms with E-state index in [1.807, 2.05) is 30.3 Å². The van der Waals surface area contributed by atoms with Crippen molar-refractivity contribution >= 4 is 11.4 Å². The maximum absolute atomic E-state index is 11.8. The van der Waals surface area contributed by atoms with Crippen molar-refractivity contribution in [3.63, 3.8) is 0 Å². The number of benzene rings is 1. The quantitative estimate of drug-likeness (QED) is 0.426. The lowest BCUT2D eigenvalue weighted by molar-refractivity contribution is -0.460. The molecule has 4 nitrogen and oxygen atoms in total. The highest BCUT2D eigenvalue weighted by Gasteiger charge is 2.10. The van der Waals surface area contributed by atoms with Crippen LogP contribution in [-0.2, 0) is 4.79 Å². The summed E-state index contributed by atoms with van der Waals surface area (Å²) in [7, 11) is 0. The van der Waals surface area contributed by atoms with E-state index in [2.05, 4.69) is 12.0 Å². The molecule has 20 heavy (non-hydrogen) atoms. The zero-order chi connectivity index (χ0) is 15.0. The number of rotatable bonds is 7. The number of unbranched alkanes of at least 4 members (excludes halogenated alkanes) is 1. The number of hydrogen-bond donors (Lipinski definition) is 0. The van der Waals surface area contributed by atoms with Crippen molar-refractivity contribution in [2.75, 3.05) is 0 Å². The number of ketones is 1. The molecular weight excluding hydrogens is 252 g/mol. The lowest BCUT2D eigenvalue weighted by atomic mass is 10.0. The Morgan fingerprint density at radius 2 is 2.05 bits per heavy atom. The smallest absolute Gasteiger partial charge is 0.213 e. The summed E-state index contributed by atoms with van der Waals surface area (Å²) in [5.74, 6) is -0.117. The van der Waals surface area contributed by atoms with Crippen LogP contribution in [-0.4, -0.2) is 16.7 Å². The Labute approximate surface area is 120 Å². The largest absolute Gasteiger partial charge is 0.595 e. The standard InChI is InChI=1S/C16H22N2O2/c1-4-5-9-16(15-10-7-6-8-11-15)12-18(20)17-13(2)14(3)19/h6-8,10-13H,4-5,9H2,1-3H3/b16-12-,18-17?. The normalized spacial score (nSPS) is 14.2. The molecule has 0 spiro atoms. The van der Waals surface area contributed by atoms with Crippen molar-refractivity contribution in [2.24, 2.45) is 5.11 Å². The molecule has 0 heterocycles. The van der Waals surface area contributed by atoms with Crippen molar-refractivity contribution in [1.29, 1.82) is 0 Å². The van der Waals surface area contributed by atoms with Gasteiger partial charge in [0.25, 0.3) is 0 Å². The molecule has 0 N–H and O–H groups in total. The second-order valence-electron chi connectivity index (χ2n) is 4.83. The van der Waals surface area contributed by atoms with E-state index in [1.165, 1.54) is 13.1 Å². The highest BCUT2D eigenvalue weighted by molar-refractivity contribution is 5.80. The van der Waals surface area contributed by atoms with E-state index in [1.54, 1.807) is 6.92 Å². The molecule has 0 aliphatic heterocycles. The molecule has 0 bridgehead atoms. The van der Waals surface area contributed by atoms with Crippen LogP contribution >= 0.6 is 0 Å². The molecule has 0 saturated carbocycles. The Kier molecular flexibility index (Phi) is 6.64. The Hall–Kier alpha value is -1.97. The molecule has 108 valence electrons. The Bertz CT molecular complexity index is 492. The number of Topliss-reactive ketones (excluding diaryl/α,β-unsaturated/α-hetero) is 1. The predicted octanol–water partition coefficient (Wildman–Crippen LogP) is 4.16. The van der Waals surface area contributed by atoms with Gasteiger partial charge in [-0.2, -0.15) is 0 Å². The second-order valence-corrected chi connectivity index (χ2v) is 4.83. The van der Waals surface area contributed by atoms with Gasteiger partial charge in [-0.05, 0) is 37.4 Å². The van der Waals surface area contributed by atoms with Crippen LogP contribution in [0.1, 0.15) is 45.6 Å². The third kappa shape index (κ3) is 5.34. The van der Waals surface area contributed by atoms with Gasteiger partial charge in [0.1, 0.15) is 0 Å². The van der Waals surface area contributed by atoms with Crippen molar-refractivity contribution in [3.05, 3.63) is 47.3 Å². The fourth-order valence-corrected chi connectivity index (χ4v) is 1.72. The van der Waals surface area contributed by atoms with E-state index in [9.17, 15) is 10.0 Å². The summed E-state index contributed by atoms with van der Waals surface area (Å²) < 4.78 is 0. The molecule has 0 fully saturated rings. The van der Waals surface area contributed by atoms with Gasteiger partial charge in [-0.1, -0.05) is 48.5 Å². The third-order valence-corrected chi connectivity index (χ3v) is 3.09. The summed E-state index contributed by atoms with van der Waals surface area (Å²) in [5, 5.41) is 15.6. The number of carbonyl (C=O) groups is 1. The molecule has 4 heteroatoms. The van der Waals surface area contributed by atoms with Crippen LogP contribution in [0, 0.1) is 5.21 Å². The predicted molar refractivity (Wildman–Crippen MR) is 80.1 cm³/mol. The summed E-state index contributed by atoms with van der Waals surface area (Å²) in [6.45, 7) is 5.16. The minimum Gasteiger partial charge on any atom is -0.595 e. The molecule has 1 unspecified atom stereocenters. The maximum atomic E-state index is 11.8. The van der Waals surface area contributed by atoms with Crippen LogP contribution in [0.2, 0.25) is 0 Å². The minimum atomic E-state index is -0.605. The van der Waals surface area contributed by atoms with Gasteiger partial charge >= 0.3 is 0 Å². The van der Waals surface area contributed by atoms with E-state index in [-0.39, 0.29) is 5.78 Å². The monoisotopic (exact) mass is 274 g/mol. The first-order valence-electron chi connectivity index (χ1n) is 6.98. The zero-order valence-electron chi connectivity index (χ0n) is 12.4. The molecule has 0 aliphatic rings. The average molecular weight is 274 g/mol. The van der Waals surface area contributed by atoms with Gasteiger partial charge in [-0.25, -0.2) is 0 Å².